The number of hydrogen-bond donors (Lipinski definition) is 1. The van der Waals surface area contributed by atoms with Crippen molar-refractivity contribution in [2.45, 2.75) is 0 Å². The van der Waals surface area contributed by atoms with Crippen LogP contribution in [0.25, 0.3) is 17.0 Å². The van der Waals surface area contributed by atoms with Crippen molar-refractivity contribution in [3.05, 3.63) is 75.9 Å². The number of pyridine rings is 1. The molecule has 2 aromatic carbocycles. The number of fused-ring (bicyclic) bond motifs is 1. The number of amides is 2. The van der Waals surface area contributed by atoms with E-state index >= 15 is 0 Å². The highest BCUT2D eigenvalue weighted by molar-refractivity contribution is 6.40. The molecule has 1 aromatic heterocycles. The van der Waals surface area contributed by atoms with E-state index in [1.165, 1.54) is 11.0 Å². The average molecular weight is 414 g/mol. The average Bonchev–Trinajstić information content (AvgIpc) is 2.65. The van der Waals surface area contributed by atoms with Crippen LogP contribution in [-0.4, -0.2) is 35.8 Å². The maximum Gasteiger partial charge on any atom is 0.258 e. The van der Waals surface area contributed by atoms with Crippen molar-refractivity contribution in [2.75, 3.05) is 19.4 Å². The fourth-order valence-electron chi connectivity index (χ4n) is 2.59. The summed E-state index contributed by atoms with van der Waals surface area (Å²) in [5.41, 5.74) is 2.15. The molecule has 0 atom stereocenters. The van der Waals surface area contributed by atoms with E-state index in [4.69, 9.17) is 23.2 Å². The van der Waals surface area contributed by atoms with Gasteiger partial charge in [-0.1, -0.05) is 41.4 Å². The number of anilines is 1. The van der Waals surface area contributed by atoms with Crippen LogP contribution in [0.4, 0.5) is 5.69 Å². The molecule has 0 unspecified atom stereocenters. The van der Waals surface area contributed by atoms with E-state index in [2.05, 4.69) is 10.3 Å². The van der Waals surface area contributed by atoms with Crippen LogP contribution in [-0.2, 0) is 4.79 Å². The number of carbonyl (C=O) groups excluding carboxylic acids is 2. The highest BCUT2D eigenvalue weighted by atomic mass is 35.5. The lowest BCUT2D eigenvalue weighted by molar-refractivity contribution is -0.123. The zero-order chi connectivity index (χ0) is 20.3. The topological polar surface area (TPSA) is 62.3 Å². The number of halogens is 2. The van der Waals surface area contributed by atoms with Crippen LogP contribution < -0.4 is 5.32 Å². The molecule has 28 heavy (non-hydrogen) atoms. The summed E-state index contributed by atoms with van der Waals surface area (Å²) in [5.74, 6) is -0.525. The third-order valence-electron chi connectivity index (χ3n) is 4.03. The van der Waals surface area contributed by atoms with E-state index in [0.717, 1.165) is 10.9 Å². The first-order valence-electron chi connectivity index (χ1n) is 8.40. The fourth-order valence-corrected chi connectivity index (χ4v) is 3.16. The summed E-state index contributed by atoms with van der Waals surface area (Å²) in [5, 5.41) is 4.19. The number of nitrogens with one attached hydrogen (secondary N) is 1. The minimum Gasteiger partial charge on any atom is -0.345 e. The molecule has 1 N–H and O–H groups in total. The first kappa shape index (κ1) is 19.9. The van der Waals surface area contributed by atoms with Gasteiger partial charge in [0.05, 0.1) is 26.8 Å². The van der Waals surface area contributed by atoms with Gasteiger partial charge in [0.1, 0.15) is 0 Å². The second-order valence-corrected chi connectivity index (χ2v) is 7.08. The molecule has 0 spiro atoms. The Labute approximate surface area is 172 Å². The number of rotatable bonds is 4. The van der Waals surface area contributed by atoms with Gasteiger partial charge < -0.3 is 10.2 Å². The Morgan fingerprint density at radius 1 is 1.07 bits per heavy atom. The van der Waals surface area contributed by atoms with Crippen molar-refractivity contribution in [1.82, 2.24) is 9.88 Å². The maximum atomic E-state index is 12.6. The van der Waals surface area contributed by atoms with Gasteiger partial charge >= 0.3 is 0 Å². The third-order valence-corrected chi connectivity index (χ3v) is 4.66. The Hall–Kier alpha value is -2.89. The Balaban J connectivity index is 1.91. The molecule has 0 aliphatic carbocycles. The number of aromatic nitrogens is 1. The van der Waals surface area contributed by atoms with Gasteiger partial charge in [0.15, 0.2) is 0 Å². The van der Waals surface area contributed by atoms with Crippen LogP contribution in [0.5, 0.6) is 0 Å². The quantitative estimate of drug-likeness (QED) is 0.618. The molecule has 0 aliphatic heterocycles. The van der Waals surface area contributed by atoms with Crippen LogP contribution in [0.2, 0.25) is 10.0 Å². The predicted octanol–water partition coefficient (Wildman–Crippen LogP) is 4.90. The van der Waals surface area contributed by atoms with Crippen LogP contribution >= 0.6 is 23.2 Å². The van der Waals surface area contributed by atoms with E-state index in [-0.39, 0.29) is 21.5 Å². The number of hydrogen-bond acceptors (Lipinski definition) is 3. The van der Waals surface area contributed by atoms with Gasteiger partial charge in [-0.2, -0.15) is 0 Å². The summed E-state index contributed by atoms with van der Waals surface area (Å²) in [6.45, 7) is 0. The molecule has 7 heteroatoms. The molecule has 0 fully saturated rings. The van der Waals surface area contributed by atoms with Gasteiger partial charge in [-0.3, -0.25) is 14.6 Å². The third kappa shape index (κ3) is 4.32. The molecule has 0 radical (unpaired) electrons. The number of carbonyl (C=O) groups is 2. The van der Waals surface area contributed by atoms with E-state index in [0.29, 0.717) is 11.2 Å². The monoisotopic (exact) mass is 413 g/mol. The Morgan fingerprint density at radius 3 is 2.43 bits per heavy atom. The van der Waals surface area contributed by atoms with Gasteiger partial charge in [0, 0.05) is 31.8 Å². The van der Waals surface area contributed by atoms with Crippen molar-refractivity contribution in [2.24, 2.45) is 0 Å². The van der Waals surface area contributed by atoms with Crippen molar-refractivity contribution in [3.8, 4) is 0 Å². The van der Waals surface area contributed by atoms with E-state index < -0.39 is 5.91 Å². The maximum absolute atomic E-state index is 12.6. The van der Waals surface area contributed by atoms with Crippen LogP contribution in [0, 0.1) is 0 Å². The molecule has 2 amide bonds. The van der Waals surface area contributed by atoms with Gasteiger partial charge in [-0.05, 0) is 35.9 Å². The summed E-state index contributed by atoms with van der Waals surface area (Å²) >= 11 is 12.2. The summed E-state index contributed by atoms with van der Waals surface area (Å²) in [4.78, 5) is 30.3. The van der Waals surface area contributed by atoms with Gasteiger partial charge in [-0.25, -0.2) is 0 Å². The Bertz CT molecular complexity index is 1070. The van der Waals surface area contributed by atoms with Crippen LogP contribution in [0.15, 0.2) is 54.7 Å². The molecule has 3 rings (SSSR count). The number of benzene rings is 2. The van der Waals surface area contributed by atoms with E-state index in [1.54, 1.807) is 50.6 Å². The van der Waals surface area contributed by atoms with E-state index in [9.17, 15) is 9.59 Å². The second kappa shape index (κ2) is 8.42. The largest absolute Gasteiger partial charge is 0.345 e. The molecule has 0 bridgehead atoms. The number of likely N-dealkylation sites (N-methyl/N-ethyl adjacent to an activating group) is 1. The molecule has 5 nitrogen and oxygen atoms in total. The number of nitrogens with zero attached hydrogens (tertiary/aromatic N) is 2. The van der Waals surface area contributed by atoms with Crippen molar-refractivity contribution < 1.29 is 9.59 Å². The highest BCUT2D eigenvalue weighted by Crippen LogP contribution is 2.27. The SMILES string of the molecule is CN(C)C(=O)/C=C/c1cnc2c(NC(=O)c3c(Cl)cccc3Cl)cccc2c1. The summed E-state index contributed by atoms with van der Waals surface area (Å²) < 4.78 is 0. The van der Waals surface area contributed by atoms with Crippen LogP contribution in [0.3, 0.4) is 0 Å². The molecular formula is C21H17Cl2N3O2. The Morgan fingerprint density at radius 2 is 1.75 bits per heavy atom. The molecule has 142 valence electrons. The zero-order valence-corrected chi connectivity index (χ0v) is 16.8. The number of para-hydroxylation sites is 1. The molecule has 0 aliphatic rings. The van der Waals surface area contributed by atoms with E-state index in [1.807, 2.05) is 18.2 Å². The molecular weight excluding hydrogens is 397 g/mol. The fraction of sp³-hybridized carbons (Fsp3) is 0.0952. The lowest BCUT2D eigenvalue weighted by atomic mass is 10.1. The minimum atomic E-state index is -0.412. The summed E-state index contributed by atoms with van der Waals surface area (Å²) in [6.07, 6.45) is 4.82. The zero-order valence-electron chi connectivity index (χ0n) is 15.2. The normalized spacial score (nSPS) is 11.0. The van der Waals surface area contributed by atoms with Gasteiger partial charge in [-0.15, -0.1) is 0 Å². The first-order valence-corrected chi connectivity index (χ1v) is 9.16. The Kier molecular flexibility index (Phi) is 5.97. The lowest BCUT2D eigenvalue weighted by Crippen LogP contribution is -2.18. The standard InChI is InChI=1S/C21H17Cl2N3O2/c1-26(2)18(27)10-9-13-11-14-5-3-8-17(20(14)24-12-13)25-21(28)19-15(22)6-4-7-16(19)23/h3-12H,1-2H3,(H,25,28)/b10-9+. The van der Waals surface area contributed by atoms with Crippen LogP contribution in [0.1, 0.15) is 15.9 Å². The van der Waals surface area contributed by atoms with Gasteiger partial charge in [0.2, 0.25) is 5.91 Å². The lowest BCUT2D eigenvalue weighted by Gasteiger charge is -2.10. The molecule has 0 saturated heterocycles. The molecule has 1 heterocycles. The molecule has 0 saturated carbocycles. The highest BCUT2D eigenvalue weighted by Gasteiger charge is 2.16. The summed E-state index contributed by atoms with van der Waals surface area (Å²) in [7, 11) is 3.37. The predicted molar refractivity (Wildman–Crippen MR) is 114 cm³/mol. The van der Waals surface area contributed by atoms with Crippen molar-refractivity contribution in [3.63, 3.8) is 0 Å². The first-order chi connectivity index (χ1) is 13.4. The second-order valence-electron chi connectivity index (χ2n) is 6.26. The van der Waals surface area contributed by atoms with Crippen molar-refractivity contribution in [1.29, 1.82) is 0 Å². The smallest absolute Gasteiger partial charge is 0.258 e. The minimum absolute atomic E-state index is 0.113. The summed E-state index contributed by atoms with van der Waals surface area (Å²) in [6, 6.07) is 12.2. The van der Waals surface area contributed by atoms with Crippen molar-refractivity contribution >= 4 is 57.7 Å². The molecule has 3 aromatic rings. The van der Waals surface area contributed by atoms with Gasteiger partial charge in [0.25, 0.3) is 5.91 Å².